The van der Waals surface area contributed by atoms with Gasteiger partial charge in [-0.25, -0.2) is 4.79 Å². The Balaban J connectivity index is 1.31. The number of rotatable bonds is 10. The molecule has 0 atom stereocenters. The van der Waals surface area contributed by atoms with Gasteiger partial charge in [-0.1, -0.05) is 0 Å². The maximum absolute atomic E-state index is 12.6. The number of carbonyl (C=O) groups excluding carboxylic acids is 2. The van der Waals surface area contributed by atoms with Gasteiger partial charge < -0.3 is 30.2 Å². The van der Waals surface area contributed by atoms with E-state index in [2.05, 4.69) is 25.8 Å². The molecule has 1 aliphatic heterocycles. The van der Waals surface area contributed by atoms with Crippen molar-refractivity contribution in [2.24, 2.45) is 0 Å². The Labute approximate surface area is 215 Å². The first-order valence-corrected chi connectivity index (χ1v) is 12.1. The molecule has 0 radical (unpaired) electrons. The highest BCUT2D eigenvalue weighted by molar-refractivity contribution is 6.00. The van der Waals surface area contributed by atoms with Crippen molar-refractivity contribution in [2.45, 2.75) is 12.8 Å². The molecule has 3 N–H and O–H groups in total. The highest BCUT2D eigenvalue weighted by atomic mass is 16.5. The van der Waals surface area contributed by atoms with Gasteiger partial charge in [0.2, 0.25) is 0 Å². The van der Waals surface area contributed by atoms with Gasteiger partial charge in [-0.15, -0.1) is 0 Å². The summed E-state index contributed by atoms with van der Waals surface area (Å²) in [5.74, 6) is 1.92. The van der Waals surface area contributed by atoms with Crippen molar-refractivity contribution >= 4 is 23.3 Å². The largest absolute Gasteiger partial charge is 0.493 e. The first-order valence-electron chi connectivity index (χ1n) is 12.1. The molecule has 0 saturated carbocycles. The van der Waals surface area contributed by atoms with E-state index in [4.69, 9.17) is 14.2 Å². The van der Waals surface area contributed by atoms with Crippen LogP contribution in [0.15, 0.2) is 60.8 Å². The van der Waals surface area contributed by atoms with E-state index in [0.717, 1.165) is 19.6 Å². The number of nitrogens with zero attached hydrogens (tertiary/aromatic N) is 2. The van der Waals surface area contributed by atoms with E-state index in [1.165, 1.54) is 26.1 Å². The zero-order valence-electron chi connectivity index (χ0n) is 21.0. The van der Waals surface area contributed by atoms with Crippen LogP contribution in [0.1, 0.15) is 23.3 Å². The van der Waals surface area contributed by atoms with E-state index in [0.29, 0.717) is 41.0 Å². The standard InChI is InChI=1S/C27H31N5O5/c1-28-26(33)23-18-22(11-12-29-23)37-21-8-5-19(6-9-21)30-27(34)31-20-7-10-24(35-2)25(17-20)36-16-15-32-13-3-4-14-32/h5-12,17-18H,3-4,13-16H2,1-2H3,(H,28,33)(H2,30,31,34). The number of hydrogen-bond donors (Lipinski definition) is 3. The highest BCUT2D eigenvalue weighted by Gasteiger charge is 2.13. The number of anilines is 2. The molecule has 10 nitrogen and oxygen atoms in total. The van der Waals surface area contributed by atoms with Crippen LogP contribution in [0.3, 0.4) is 0 Å². The number of nitrogens with one attached hydrogen (secondary N) is 3. The third-order valence-corrected chi connectivity index (χ3v) is 5.82. The zero-order chi connectivity index (χ0) is 26.0. The van der Waals surface area contributed by atoms with E-state index in [1.807, 2.05) is 0 Å². The molecule has 2 heterocycles. The lowest BCUT2D eigenvalue weighted by atomic mass is 10.2. The predicted octanol–water partition coefficient (Wildman–Crippen LogP) is 4.36. The fourth-order valence-electron chi connectivity index (χ4n) is 3.92. The van der Waals surface area contributed by atoms with E-state index in [1.54, 1.807) is 61.7 Å². The number of hydrogen-bond acceptors (Lipinski definition) is 7. The van der Waals surface area contributed by atoms with Gasteiger partial charge in [0.1, 0.15) is 23.8 Å². The maximum atomic E-state index is 12.6. The van der Waals surface area contributed by atoms with Crippen LogP contribution >= 0.6 is 0 Å². The Bertz CT molecular complexity index is 1210. The molecule has 0 spiro atoms. The number of pyridine rings is 1. The van der Waals surface area contributed by atoms with Crippen molar-refractivity contribution in [1.29, 1.82) is 0 Å². The van der Waals surface area contributed by atoms with Gasteiger partial charge in [0.15, 0.2) is 11.5 Å². The van der Waals surface area contributed by atoms with Crippen LogP contribution in [0.4, 0.5) is 16.2 Å². The van der Waals surface area contributed by atoms with Crippen molar-refractivity contribution in [1.82, 2.24) is 15.2 Å². The van der Waals surface area contributed by atoms with Gasteiger partial charge >= 0.3 is 6.03 Å². The number of benzene rings is 2. The normalized spacial score (nSPS) is 13.0. The average Bonchev–Trinajstić information content (AvgIpc) is 3.43. The lowest BCUT2D eigenvalue weighted by Gasteiger charge is -2.17. The molecule has 1 saturated heterocycles. The summed E-state index contributed by atoms with van der Waals surface area (Å²) in [4.78, 5) is 30.7. The molecule has 4 rings (SSSR count). The van der Waals surface area contributed by atoms with Crippen LogP contribution in [0, 0.1) is 0 Å². The van der Waals surface area contributed by atoms with Gasteiger partial charge in [0.05, 0.1) is 7.11 Å². The number of carbonyl (C=O) groups is 2. The van der Waals surface area contributed by atoms with E-state index < -0.39 is 6.03 Å². The second kappa shape index (κ2) is 12.6. The molecule has 10 heteroatoms. The number of urea groups is 1. The van der Waals surface area contributed by atoms with Crippen LogP contribution in [0.5, 0.6) is 23.0 Å². The summed E-state index contributed by atoms with van der Waals surface area (Å²) in [7, 11) is 3.13. The molecule has 0 unspecified atom stereocenters. The average molecular weight is 506 g/mol. The summed E-state index contributed by atoms with van der Waals surface area (Å²) in [5, 5.41) is 8.14. The van der Waals surface area contributed by atoms with Crippen molar-refractivity contribution in [2.75, 3.05) is 51.0 Å². The Morgan fingerprint density at radius 3 is 2.38 bits per heavy atom. The SMILES string of the molecule is CNC(=O)c1cc(Oc2ccc(NC(=O)Nc3ccc(OC)c(OCCN4CCCC4)c3)cc2)ccn1. The summed E-state index contributed by atoms with van der Waals surface area (Å²) in [5.41, 5.74) is 1.42. The van der Waals surface area contributed by atoms with E-state index >= 15 is 0 Å². The minimum atomic E-state index is -0.397. The quantitative estimate of drug-likeness (QED) is 0.375. The molecule has 1 aromatic heterocycles. The van der Waals surface area contributed by atoms with Crippen LogP contribution in [-0.2, 0) is 0 Å². The van der Waals surface area contributed by atoms with Gasteiger partial charge in [0.25, 0.3) is 5.91 Å². The van der Waals surface area contributed by atoms with Crippen molar-refractivity contribution in [3.63, 3.8) is 0 Å². The second-order valence-electron chi connectivity index (χ2n) is 8.42. The molecular formula is C27H31N5O5. The Kier molecular flexibility index (Phi) is 8.77. The number of amides is 3. The fraction of sp³-hybridized carbons (Fsp3) is 0.296. The number of methoxy groups -OCH3 is 1. The van der Waals surface area contributed by atoms with Crippen molar-refractivity contribution in [3.05, 3.63) is 66.5 Å². The number of likely N-dealkylation sites (tertiary alicyclic amines) is 1. The fourth-order valence-corrected chi connectivity index (χ4v) is 3.92. The zero-order valence-corrected chi connectivity index (χ0v) is 21.0. The Hall–Kier alpha value is -4.31. The van der Waals surface area contributed by atoms with Crippen LogP contribution in [0.25, 0.3) is 0 Å². The third-order valence-electron chi connectivity index (χ3n) is 5.82. The molecule has 194 valence electrons. The van der Waals surface area contributed by atoms with Crippen molar-refractivity contribution in [3.8, 4) is 23.0 Å². The first kappa shape index (κ1) is 25.8. The second-order valence-corrected chi connectivity index (χ2v) is 8.42. The number of ether oxygens (including phenoxy) is 3. The monoisotopic (exact) mass is 505 g/mol. The Morgan fingerprint density at radius 1 is 0.919 bits per heavy atom. The smallest absolute Gasteiger partial charge is 0.323 e. The minimum absolute atomic E-state index is 0.258. The van der Waals surface area contributed by atoms with Crippen LogP contribution in [-0.4, -0.2) is 62.2 Å². The van der Waals surface area contributed by atoms with E-state index in [-0.39, 0.29) is 11.6 Å². The van der Waals surface area contributed by atoms with Crippen LogP contribution < -0.4 is 30.2 Å². The lowest BCUT2D eigenvalue weighted by molar-refractivity contribution is 0.0958. The summed E-state index contributed by atoms with van der Waals surface area (Å²) in [6, 6.07) is 15.0. The molecule has 1 fully saturated rings. The van der Waals surface area contributed by atoms with Crippen LogP contribution in [0.2, 0.25) is 0 Å². The molecule has 3 aromatic rings. The molecule has 2 aromatic carbocycles. The van der Waals surface area contributed by atoms with Gasteiger partial charge in [-0.3, -0.25) is 14.7 Å². The first-order chi connectivity index (χ1) is 18.0. The van der Waals surface area contributed by atoms with Gasteiger partial charge in [-0.05, 0) is 68.4 Å². The molecule has 0 aliphatic carbocycles. The number of aromatic nitrogens is 1. The summed E-state index contributed by atoms with van der Waals surface area (Å²) in [6.45, 7) is 3.62. The summed E-state index contributed by atoms with van der Waals surface area (Å²) in [6.07, 6.45) is 3.97. The topological polar surface area (TPSA) is 114 Å². The summed E-state index contributed by atoms with van der Waals surface area (Å²) >= 11 is 0. The minimum Gasteiger partial charge on any atom is -0.493 e. The third kappa shape index (κ3) is 7.34. The molecule has 0 bridgehead atoms. The molecular weight excluding hydrogens is 474 g/mol. The molecule has 37 heavy (non-hydrogen) atoms. The van der Waals surface area contributed by atoms with Gasteiger partial charge in [-0.2, -0.15) is 0 Å². The Morgan fingerprint density at radius 2 is 1.65 bits per heavy atom. The molecule has 1 aliphatic rings. The maximum Gasteiger partial charge on any atom is 0.323 e. The van der Waals surface area contributed by atoms with E-state index in [9.17, 15) is 9.59 Å². The molecule has 3 amide bonds. The van der Waals surface area contributed by atoms with Crippen molar-refractivity contribution < 1.29 is 23.8 Å². The highest BCUT2D eigenvalue weighted by Crippen LogP contribution is 2.30. The van der Waals surface area contributed by atoms with Gasteiger partial charge in [0, 0.05) is 43.3 Å². The predicted molar refractivity (Wildman–Crippen MR) is 141 cm³/mol. The lowest BCUT2D eigenvalue weighted by Crippen LogP contribution is -2.25. The summed E-state index contributed by atoms with van der Waals surface area (Å²) < 4.78 is 17.1.